The molecule has 0 saturated heterocycles. The standard InChI is InChI=1S/C19H22N2O3S/c1-25-16-10-8-15(9-11-16)24-19-17(3-2-12-20-19)18(23)21-13-4-6-14(22)7-5-13/h2-3,8-14,22H,4-7H2,1H3,(H,21,23). The van der Waals surface area contributed by atoms with Crippen LogP contribution in [-0.2, 0) is 0 Å². The summed E-state index contributed by atoms with van der Waals surface area (Å²) in [5.41, 5.74) is 0.419. The lowest BCUT2D eigenvalue weighted by Gasteiger charge is -2.26. The summed E-state index contributed by atoms with van der Waals surface area (Å²) in [5.74, 6) is 0.754. The van der Waals surface area contributed by atoms with E-state index in [-0.39, 0.29) is 18.1 Å². The third-order valence-corrected chi connectivity index (χ3v) is 5.07. The van der Waals surface area contributed by atoms with Gasteiger partial charge in [-0.05, 0) is 68.3 Å². The van der Waals surface area contributed by atoms with Crippen LogP contribution in [0, 0.1) is 0 Å². The average Bonchev–Trinajstić information content (AvgIpc) is 2.64. The maximum absolute atomic E-state index is 12.6. The topological polar surface area (TPSA) is 71.5 Å². The van der Waals surface area contributed by atoms with Crippen molar-refractivity contribution in [1.29, 1.82) is 0 Å². The van der Waals surface area contributed by atoms with E-state index in [0.717, 1.165) is 30.6 Å². The first kappa shape index (κ1) is 17.8. The zero-order chi connectivity index (χ0) is 17.6. The van der Waals surface area contributed by atoms with Gasteiger partial charge in [-0.2, -0.15) is 0 Å². The van der Waals surface area contributed by atoms with Gasteiger partial charge in [0.1, 0.15) is 11.3 Å². The van der Waals surface area contributed by atoms with Gasteiger partial charge in [-0.15, -0.1) is 11.8 Å². The Bertz CT molecular complexity index is 713. The maximum atomic E-state index is 12.6. The van der Waals surface area contributed by atoms with Gasteiger partial charge in [-0.1, -0.05) is 0 Å². The lowest BCUT2D eigenvalue weighted by Crippen LogP contribution is -2.38. The lowest BCUT2D eigenvalue weighted by atomic mass is 9.93. The zero-order valence-electron chi connectivity index (χ0n) is 14.1. The van der Waals surface area contributed by atoms with Gasteiger partial charge in [0.15, 0.2) is 0 Å². The van der Waals surface area contributed by atoms with Crippen LogP contribution in [0.15, 0.2) is 47.5 Å². The van der Waals surface area contributed by atoms with E-state index in [1.807, 2.05) is 30.5 Å². The Morgan fingerprint density at radius 2 is 1.92 bits per heavy atom. The van der Waals surface area contributed by atoms with Crippen LogP contribution in [0.3, 0.4) is 0 Å². The molecule has 1 heterocycles. The summed E-state index contributed by atoms with van der Waals surface area (Å²) in [6.45, 7) is 0. The summed E-state index contributed by atoms with van der Waals surface area (Å²) in [6.07, 6.45) is 6.42. The number of nitrogens with zero attached hydrogens (tertiary/aromatic N) is 1. The molecule has 1 aliphatic carbocycles. The monoisotopic (exact) mass is 358 g/mol. The number of aliphatic hydroxyl groups excluding tert-OH is 1. The van der Waals surface area contributed by atoms with Crippen LogP contribution >= 0.6 is 11.8 Å². The molecule has 0 spiro atoms. The van der Waals surface area contributed by atoms with E-state index in [0.29, 0.717) is 17.2 Å². The molecule has 1 aliphatic rings. The first-order valence-electron chi connectivity index (χ1n) is 8.41. The highest BCUT2D eigenvalue weighted by molar-refractivity contribution is 7.98. The van der Waals surface area contributed by atoms with E-state index in [9.17, 15) is 9.90 Å². The molecule has 2 aromatic rings. The number of rotatable bonds is 5. The minimum atomic E-state index is -0.241. The van der Waals surface area contributed by atoms with Crippen molar-refractivity contribution in [2.45, 2.75) is 42.7 Å². The first-order valence-corrected chi connectivity index (χ1v) is 9.64. The van der Waals surface area contributed by atoms with Gasteiger partial charge < -0.3 is 15.2 Å². The number of pyridine rings is 1. The molecule has 1 aromatic heterocycles. The Morgan fingerprint density at radius 3 is 2.60 bits per heavy atom. The van der Waals surface area contributed by atoms with Crippen molar-refractivity contribution in [3.8, 4) is 11.6 Å². The fourth-order valence-electron chi connectivity index (χ4n) is 2.88. The van der Waals surface area contributed by atoms with Crippen molar-refractivity contribution in [1.82, 2.24) is 10.3 Å². The van der Waals surface area contributed by atoms with Crippen molar-refractivity contribution in [3.63, 3.8) is 0 Å². The number of amides is 1. The highest BCUT2D eigenvalue weighted by Gasteiger charge is 2.23. The zero-order valence-corrected chi connectivity index (χ0v) is 15.0. The molecular weight excluding hydrogens is 336 g/mol. The molecule has 0 unspecified atom stereocenters. The average molecular weight is 358 g/mol. The number of carbonyl (C=O) groups excluding carboxylic acids is 1. The Hall–Kier alpha value is -2.05. The van der Waals surface area contributed by atoms with E-state index >= 15 is 0 Å². The van der Waals surface area contributed by atoms with Crippen LogP contribution in [0.5, 0.6) is 11.6 Å². The molecule has 5 nitrogen and oxygen atoms in total. The van der Waals surface area contributed by atoms with Gasteiger partial charge in [0.2, 0.25) is 5.88 Å². The van der Waals surface area contributed by atoms with Crippen molar-refractivity contribution in [3.05, 3.63) is 48.2 Å². The van der Waals surface area contributed by atoms with Crippen LogP contribution in [-0.4, -0.2) is 34.4 Å². The predicted molar refractivity (Wildman–Crippen MR) is 98.3 cm³/mol. The largest absolute Gasteiger partial charge is 0.438 e. The fraction of sp³-hybridized carbons (Fsp3) is 0.368. The molecule has 6 heteroatoms. The molecule has 1 fully saturated rings. The molecule has 0 aliphatic heterocycles. The van der Waals surface area contributed by atoms with E-state index in [1.54, 1.807) is 30.1 Å². The summed E-state index contributed by atoms with van der Waals surface area (Å²) in [5, 5.41) is 12.6. The molecular formula is C19H22N2O3S. The van der Waals surface area contributed by atoms with Crippen molar-refractivity contribution in [2.75, 3.05) is 6.26 Å². The number of nitrogens with one attached hydrogen (secondary N) is 1. The molecule has 25 heavy (non-hydrogen) atoms. The maximum Gasteiger partial charge on any atom is 0.257 e. The summed E-state index contributed by atoms with van der Waals surface area (Å²) in [6, 6.07) is 11.2. The number of aromatic nitrogens is 1. The summed E-state index contributed by atoms with van der Waals surface area (Å²) < 4.78 is 5.82. The number of thioether (sulfide) groups is 1. The Morgan fingerprint density at radius 1 is 1.20 bits per heavy atom. The van der Waals surface area contributed by atoms with Gasteiger partial charge in [-0.3, -0.25) is 4.79 Å². The quantitative estimate of drug-likeness (QED) is 0.799. The molecule has 132 valence electrons. The van der Waals surface area contributed by atoms with Crippen molar-refractivity contribution in [2.24, 2.45) is 0 Å². The molecule has 1 saturated carbocycles. The fourth-order valence-corrected chi connectivity index (χ4v) is 3.29. The lowest BCUT2D eigenvalue weighted by molar-refractivity contribution is 0.0865. The highest BCUT2D eigenvalue weighted by atomic mass is 32.2. The number of hydrogen-bond acceptors (Lipinski definition) is 5. The van der Waals surface area contributed by atoms with Gasteiger partial charge in [-0.25, -0.2) is 4.98 Å². The van der Waals surface area contributed by atoms with E-state index in [1.165, 1.54) is 0 Å². The second kappa shape index (κ2) is 8.36. The molecule has 3 rings (SSSR count). The van der Waals surface area contributed by atoms with E-state index < -0.39 is 0 Å². The second-order valence-corrected chi connectivity index (χ2v) is 6.99. The summed E-state index contributed by atoms with van der Waals surface area (Å²) in [7, 11) is 0. The molecule has 0 atom stereocenters. The summed E-state index contributed by atoms with van der Waals surface area (Å²) >= 11 is 1.66. The molecule has 1 amide bonds. The first-order chi connectivity index (χ1) is 12.2. The van der Waals surface area contributed by atoms with Crippen LogP contribution in [0.2, 0.25) is 0 Å². The van der Waals surface area contributed by atoms with Crippen molar-refractivity contribution < 1.29 is 14.6 Å². The Kier molecular flexibility index (Phi) is 5.94. The SMILES string of the molecule is CSc1ccc(Oc2ncccc2C(=O)NC2CCC(O)CC2)cc1. The normalized spacial score (nSPS) is 20.1. The number of carbonyl (C=O) groups is 1. The summed E-state index contributed by atoms with van der Waals surface area (Å²) in [4.78, 5) is 18.0. The van der Waals surface area contributed by atoms with Crippen molar-refractivity contribution >= 4 is 17.7 Å². The number of hydrogen-bond donors (Lipinski definition) is 2. The number of benzene rings is 1. The van der Waals surface area contributed by atoms with Crippen LogP contribution in [0.1, 0.15) is 36.0 Å². The third-order valence-electron chi connectivity index (χ3n) is 4.32. The minimum absolute atomic E-state index is 0.0878. The van der Waals surface area contributed by atoms with E-state index in [2.05, 4.69) is 10.3 Å². The highest BCUT2D eigenvalue weighted by Crippen LogP contribution is 2.26. The smallest absolute Gasteiger partial charge is 0.257 e. The predicted octanol–water partition coefficient (Wildman–Crippen LogP) is 3.63. The van der Waals surface area contributed by atoms with Crippen LogP contribution in [0.25, 0.3) is 0 Å². The van der Waals surface area contributed by atoms with Gasteiger partial charge in [0.25, 0.3) is 5.91 Å². The molecule has 0 bridgehead atoms. The third kappa shape index (κ3) is 4.74. The van der Waals surface area contributed by atoms with Gasteiger partial charge >= 0.3 is 0 Å². The number of ether oxygens (including phenoxy) is 1. The van der Waals surface area contributed by atoms with Crippen LogP contribution < -0.4 is 10.1 Å². The Balaban J connectivity index is 1.70. The van der Waals surface area contributed by atoms with Crippen LogP contribution in [0.4, 0.5) is 0 Å². The molecule has 1 aromatic carbocycles. The molecule has 0 radical (unpaired) electrons. The van der Waals surface area contributed by atoms with Gasteiger partial charge in [0, 0.05) is 17.1 Å². The van der Waals surface area contributed by atoms with E-state index in [4.69, 9.17) is 4.74 Å². The minimum Gasteiger partial charge on any atom is -0.438 e. The Labute approximate surface area is 151 Å². The second-order valence-electron chi connectivity index (χ2n) is 6.11. The van der Waals surface area contributed by atoms with Gasteiger partial charge in [0.05, 0.1) is 6.10 Å². The molecule has 2 N–H and O–H groups in total. The number of aliphatic hydroxyl groups is 1.